The van der Waals surface area contributed by atoms with E-state index >= 15 is 0 Å². The lowest BCUT2D eigenvalue weighted by Gasteiger charge is -2.35. The maximum Gasteiger partial charge on any atom is 0.411 e. The van der Waals surface area contributed by atoms with Crippen LogP contribution in [0.15, 0.2) is 36.8 Å². The number of amides is 2. The van der Waals surface area contributed by atoms with Crippen molar-refractivity contribution in [1.82, 2.24) is 19.3 Å². The van der Waals surface area contributed by atoms with Gasteiger partial charge in [-0.05, 0) is 63.3 Å². The first kappa shape index (κ1) is 23.2. The lowest BCUT2D eigenvalue weighted by atomic mass is 10.1. The van der Waals surface area contributed by atoms with Crippen molar-refractivity contribution in [3.63, 3.8) is 0 Å². The first-order valence-electron chi connectivity index (χ1n) is 11.7. The van der Waals surface area contributed by atoms with Crippen LogP contribution < -0.4 is 5.32 Å². The van der Waals surface area contributed by atoms with E-state index in [4.69, 9.17) is 9.47 Å². The zero-order valence-electron chi connectivity index (χ0n) is 20.0. The molecule has 1 saturated heterocycles. The van der Waals surface area contributed by atoms with Crippen molar-refractivity contribution in [3.05, 3.63) is 48.2 Å². The molecule has 9 nitrogen and oxygen atoms in total. The Balaban J connectivity index is 1.36. The third kappa shape index (κ3) is 5.12. The molecule has 184 valence electrons. The standard InChI is InChI=1S/C25H28FN5O4/c1-25(2,3)35-24(33)31-8-9-34-14-21(31)22(32)28-17-6-7-19(26)18(10-17)20-13-30-12-16(15-4-5-15)11-27-23(30)29-20/h6-7,10-13,15,21H,4-5,8-9,14H2,1-3H3,(H,28,32). The zero-order chi connectivity index (χ0) is 24.7. The van der Waals surface area contributed by atoms with E-state index in [2.05, 4.69) is 15.3 Å². The Labute approximate surface area is 202 Å². The summed E-state index contributed by atoms with van der Waals surface area (Å²) in [6.07, 6.45) is 7.26. The Morgan fingerprint density at radius 3 is 2.77 bits per heavy atom. The number of carbonyl (C=O) groups excluding carboxylic acids is 2. The largest absolute Gasteiger partial charge is 0.444 e. The third-order valence-corrected chi connectivity index (χ3v) is 5.95. The van der Waals surface area contributed by atoms with Crippen LogP contribution in [-0.4, -0.2) is 62.7 Å². The Kier molecular flexibility index (Phi) is 5.92. The minimum absolute atomic E-state index is 0.0422. The Bertz CT molecular complexity index is 1280. The first-order chi connectivity index (χ1) is 16.7. The number of fused-ring (bicyclic) bond motifs is 1. The second-order valence-electron chi connectivity index (χ2n) is 9.94. The number of ether oxygens (including phenoxy) is 2. The van der Waals surface area contributed by atoms with Gasteiger partial charge in [0.15, 0.2) is 0 Å². The summed E-state index contributed by atoms with van der Waals surface area (Å²) in [7, 11) is 0. The first-order valence-corrected chi connectivity index (χ1v) is 11.7. The van der Waals surface area contributed by atoms with E-state index in [1.165, 1.54) is 23.1 Å². The fraction of sp³-hybridized carbons (Fsp3) is 0.440. The molecule has 1 atom stereocenters. The van der Waals surface area contributed by atoms with Crippen LogP contribution in [0.5, 0.6) is 0 Å². The van der Waals surface area contributed by atoms with E-state index in [9.17, 15) is 14.0 Å². The van der Waals surface area contributed by atoms with Crippen LogP contribution in [0.2, 0.25) is 0 Å². The number of hydrogen-bond acceptors (Lipinski definition) is 6. The van der Waals surface area contributed by atoms with E-state index in [1.54, 1.807) is 31.4 Å². The lowest BCUT2D eigenvalue weighted by molar-refractivity contribution is -0.127. The van der Waals surface area contributed by atoms with Gasteiger partial charge in [0.05, 0.1) is 18.9 Å². The van der Waals surface area contributed by atoms with Crippen molar-refractivity contribution in [1.29, 1.82) is 0 Å². The fourth-order valence-electron chi connectivity index (χ4n) is 4.04. The van der Waals surface area contributed by atoms with Gasteiger partial charge in [0, 0.05) is 36.4 Å². The summed E-state index contributed by atoms with van der Waals surface area (Å²) >= 11 is 0. The number of anilines is 1. The van der Waals surface area contributed by atoms with Crippen molar-refractivity contribution in [3.8, 4) is 11.3 Å². The summed E-state index contributed by atoms with van der Waals surface area (Å²) in [6.45, 7) is 5.89. The minimum Gasteiger partial charge on any atom is -0.444 e. The molecule has 2 fully saturated rings. The maximum absolute atomic E-state index is 14.7. The number of aromatic nitrogens is 3. The second-order valence-corrected chi connectivity index (χ2v) is 9.94. The predicted molar refractivity (Wildman–Crippen MR) is 127 cm³/mol. The molecule has 0 bridgehead atoms. The van der Waals surface area contributed by atoms with E-state index in [0.29, 0.717) is 29.7 Å². The highest BCUT2D eigenvalue weighted by Gasteiger charge is 2.35. The number of hydrogen-bond donors (Lipinski definition) is 1. The summed E-state index contributed by atoms with van der Waals surface area (Å²) in [5, 5.41) is 2.78. The quantitative estimate of drug-likeness (QED) is 0.605. The molecule has 2 aromatic heterocycles. The zero-order valence-corrected chi connectivity index (χ0v) is 20.0. The van der Waals surface area contributed by atoms with Gasteiger partial charge in [-0.1, -0.05) is 0 Å². The molecular weight excluding hydrogens is 453 g/mol. The van der Waals surface area contributed by atoms with Gasteiger partial charge in [0.25, 0.3) is 0 Å². The molecule has 0 radical (unpaired) electrons. The van der Waals surface area contributed by atoms with Crippen LogP contribution in [0.3, 0.4) is 0 Å². The molecule has 1 saturated carbocycles. The predicted octanol–water partition coefficient (Wildman–Crippen LogP) is 3.99. The van der Waals surface area contributed by atoms with Crippen molar-refractivity contribution >= 4 is 23.5 Å². The third-order valence-electron chi connectivity index (χ3n) is 5.95. The smallest absolute Gasteiger partial charge is 0.411 e. The van der Waals surface area contributed by atoms with Gasteiger partial charge >= 0.3 is 6.09 Å². The number of halogens is 1. The van der Waals surface area contributed by atoms with Crippen molar-refractivity contribution in [2.45, 2.75) is 51.2 Å². The average Bonchev–Trinajstić information content (AvgIpc) is 3.57. The summed E-state index contributed by atoms with van der Waals surface area (Å²) in [5.74, 6) is 0.103. The number of rotatable bonds is 4. The Morgan fingerprint density at radius 2 is 2.03 bits per heavy atom. The number of benzene rings is 1. The van der Waals surface area contributed by atoms with Gasteiger partial charge in [0.1, 0.15) is 17.5 Å². The normalized spacial score (nSPS) is 18.5. The summed E-state index contributed by atoms with van der Waals surface area (Å²) in [4.78, 5) is 35.9. The average molecular weight is 482 g/mol. The van der Waals surface area contributed by atoms with Crippen LogP contribution in [0.1, 0.15) is 45.1 Å². The number of nitrogens with one attached hydrogen (secondary N) is 1. The number of morpholine rings is 1. The van der Waals surface area contributed by atoms with Gasteiger partial charge in [-0.15, -0.1) is 0 Å². The fourth-order valence-corrected chi connectivity index (χ4v) is 4.04. The molecule has 2 amide bonds. The molecule has 2 aliphatic rings. The topological polar surface area (TPSA) is 98.1 Å². The molecule has 1 N–H and O–H groups in total. The van der Waals surface area contributed by atoms with Crippen molar-refractivity contribution in [2.75, 3.05) is 25.1 Å². The highest BCUT2D eigenvalue weighted by molar-refractivity contribution is 5.97. The lowest BCUT2D eigenvalue weighted by Crippen LogP contribution is -2.55. The van der Waals surface area contributed by atoms with Gasteiger partial charge in [-0.2, -0.15) is 0 Å². The highest BCUT2D eigenvalue weighted by atomic mass is 19.1. The van der Waals surface area contributed by atoms with Crippen LogP contribution in [0.4, 0.5) is 14.9 Å². The Morgan fingerprint density at radius 1 is 1.23 bits per heavy atom. The van der Waals surface area contributed by atoms with Crippen molar-refractivity contribution in [2.24, 2.45) is 0 Å². The number of imidazole rings is 1. The van der Waals surface area contributed by atoms with Gasteiger partial charge in [-0.25, -0.2) is 19.2 Å². The summed E-state index contributed by atoms with van der Waals surface area (Å²) < 4.78 is 27.4. The van der Waals surface area contributed by atoms with E-state index in [-0.39, 0.29) is 18.7 Å². The monoisotopic (exact) mass is 481 g/mol. The van der Waals surface area contributed by atoms with E-state index in [0.717, 1.165) is 18.4 Å². The molecule has 10 heteroatoms. The highest BCUT2D eigenvalue weighted by Crippen LogP contribution is 2.39. The molecule has 35 heavy (non-hydrogen) atoms. The molecule has 3 heterocycles. The van der Waals surface area contributed by atoms with Gasteiger partial charge < -0.3 is 14.8 Å². The maximum atomic E-state index is 14.7. The van der Waals surface area contributed by atoms with Crippen molar-refractivity contribution < 1.29 is 23.5 Å². The van der Waals surface area contributed by atoms with E-state index in [1.807, 2.05) is 12.4 Å². The summed E-state index contributed by atoms with van der Waals surface area (Å²) in [6, 6.07) is 3.41. The number of nitrogens with zero attached hydrogens (tertiary/aromatic N) is 4. The second kappa shape index (κ2) is 8.92. The molecule has 0 spiro atoms. The van der Waals surface area contributed by atoms with Crippen LogP contribution in [0, 0.1) is 5.82 Å². The summed E-state index contributed by atoms with van der Waals surface area (Å²) in [5.41, 5.74) is 1.49. The molecule has 3 aromatic rings. The molecule has 1 unspecified atom stereocenters. The molecule has 1 aliphatic carbocycles. The molecule has 5 rings (SSSR count). The number of carbonyl (C=O) groups is 2. The van der Waals surface area contributed by atoms with Crippen LogP contribution in [-0.2, 0) is 14.3 Å². The Hall–Kier alpha value is -3.53. The minimum atomic E-state index is -0.868. The van der Waals surface area contributed by atoms with Gasteiger partial charge in [-0.3, -0.25) is 14.1 Å². The SMILES string of the molecule is CC(C)(C)OC(=O)N1CCOCC1C(=O)Nc1ccc(F)c(-c2cn3cc(C4CC4)cnc3n2)c1. The molecule has 1 aliphatic heterocycles. The molecular formula is C25H28FN5O4. The van der Waals surface area contributed by atoms with Crippen LogP contribution in [0.25, 0.3) is 17.0 Å². The molecule has 1 aromatic carbocycles. The van der Waals surface area contributed by atoms with Gasteiger partial charge in [0.2, 0.25) is 11.7 Å². The van der Waals surface area contributed by atoms with Crippen LogP contribution >= 0.6 is 0 Å². The van der Waals surface area contributed by atoms with E-state index < -0.39 is 29.5 Å².